The Hall–Kier alpha value is -1.84. The maximum atomic E-state index is 12.0. The zero-order chi connectivity index (χ0) is 14.1. The Kier molecular flexibility index (Phi) is 3.47. The van der Waals surface area contributed by atoms with E-state index in [2.05, 4.69) is 5.32 Å². The van der Waals surface area contributed by atoms with E-state index in [1.807, 2.05) is 31.2 Å². The monoisotopic (exact) mass is 272 g/mol. The van der Waals surface area contributed by atoms with E-state index in [1.165, 1.54) is 5.56 Å². The van der Waals surface area contributed by atoms with Crippen molar-refractivity contribution in [3.63, 3.8) is 0 Å². The molecule has 2 fully saturated rings. The van der Waals surface area contributed by atoms with Crippen LogP contribution in [0.4, 0.5) is 0 Å². The number of rotatable bonds is 4. The molecule has 20 heavy (non-hydrogen) atoms. The van der Waals surface area contributed by atoms with Crippen molar-refractivity contribution in [2.45, 2.75) is 38.8 Å². The summed E-state index contributed by atoms with van der Waals surface area (Å²) in [7, 11) is 0. The number of likely N-dealkylation sites (tertiary alicyclic amines) is 1. The fraction of sp³-hybridized carbons (Fsp3) is 0.500. The fourth-order valence-electron chi connectivity index (χ4n) is 2.56. The van der Waals surface area contributed by atoms with E-state index in [0.29, 0.717) is 25.6 Å². The molecule has 0 aromatic heterocycles. The van der Waals surface area contributed by atoms with Crippen LogP contribution in [0.2, 0.25) is 0 Å². The SMILES string of the molecule is Cc1ccc(CN2CC(C(=O)NC3CC3)CC2=O)cc1. The Morgan fingerprint density at radius 3 is 2.65 bits per heavy atom. The number of benzene rings is 1. The number of nitrogens with one attached hydrogen (secondary N) is 1. The quantitative estimate of drug-likeness (QED) is 0.905. The first kappa shape index (κ1) is 13.2. The van der Waals surface area contributed by atoms with Crippen molar-refractivity contribution in [3.05, 3.63) is 35.4 Å². The molecule has 1 unspecified atom stereocenters. The van der Waals surface area contributed by atoms with Gasteiger partial charge in [-0.1, -0.05) is 29.8 Å². The van der Waals surface area contributed by atoms with Crippen LogP contribution < -0.4 is 5.32 Å². The minimum absolute atomic E-state index is 0.0484. The van der Waals surface area contributed by atoms with Crippen LogP contribution in [0, 0.1) is 12.8 Å². The van der Waals surface area contributed by atoms with Gasteiger partial charge in [0, 0.05) is 25.6 Å². The zero-order valence-electron chi connectivity index (χ0n) is 11.8. The molecule has 4 nitrogen and oxygen atoms in total. The topological polar surface area (TPSA) is 49.4 Å². The van der Waals surface area contributed by atoms with Crippen LogP contribution in [0.1, 0.15) is 30.4 Å². The lowest BCUT2D eigenvalue weighted by atomic mass is 10.1. The van der Waals surface area contributed by atoms with Crippen molar-refractivity contribution >= 4 is 11.8 Å². The summed E-state index contributed by atoms with van der Waals surface area (Å²) in [5.41, 5.74) is 2.33. The largest absolute Gasteiger partial charge is 0.353 e. The van der Waals surface area contributed by atoms with Crippen LogP contribution in [0.15, 0.2) is 24.3 Å². The van der Waals surface area contributed by atoms with Crippen LogP contribution in [-0.2, 0) is 16.1 Å². The molecule has 1 N–H and O–H groups in total. The third-order valence-electron chi connectivity index (χ3n) is 4.00. The Morgan fingerprint density at radius 2 is 2.00 bits per heavy atom. The highest BCUT2D eigenvalue weighted by Gasteiger charge is 2.36. The molecule has 1 aliphatic carbocycles. The lowest BCUT2D eigenvalue weighted by Gasteiger charge is -2.16. The fourth-order valence-corrected chi connectivity index (χ4v) is 2.56. The van der Waals surface area contributed by atoms with Gasteiger partial charge < -0.3 is 10.2 Å². The van der Waals surface area contributed by atoms with Crippen molar-refractivity contribution in [1.29, 1.82) is 0 Å². The molecule has 1 aromatic rings. The molecule has 1 atom stereocenters. The molecule has 106 valence electrons. The highest BCUT2D eigenvalue weighted by Crippen LogP contribution is 2.24. The molecule has 1 heterocycles. The van der Waals surface area contributed by atoms with Gasteiger partial charge in [0.2, 0.25) is 11.8 Å². The van der Waals surface area contributed by atoms with Gasteiger partial charge in [-0.25, -0.2) is 0 Å². The summed E-state index contributed by atoms with van der Waals surface area (Å²) < 4.78 is 0. The van der Waals surface area contributed by atoms with E-state index in [0.717, 1.165) is 18.4 Å². The van der Waals surface area contributed by atoms with E-state index in [1.54, 1.807) is 4.90 Å². The van der Waals surface area contributed by atoms with E-state index < -0.39 is 0 Å². The minimum atomic E-state index is -0.173. The standard InChI is InChI=1S/C16H20N2O2/c1-11-2-4-12(5-3-11)9-18-10-13(8-15(18)19)16(20)17-14-6-7-14/h2-5,13-14H,6-10H2,1H3,(H,17,20). The van der Waals surface area contributed by atoms with Gasteiger partial charge in [0.05, 0.1) is 5.92 Å². The average molecular weight is 272 g/mol. The van der Waals surface area contributed by atoms with Gasteiger partial charge in [-0.05, 0) is 25.3 Å². The van der Waals surface area contributed by atoms with Gasteiger partial charge in [-0.15, -0.1) is 0 Å². The Morgan fingerprint density at radius 1 is 1.30 bits per heavy atom. The molecular weight excluding hydrogens is 252 g/mol. The van der Waals surface area contributed by atoms with Crippen molar-refractivity contribution in [2.24, 2.45) is 5.92 Å². The smallest absolute Gasteiger partial charge is 0.225 e. The number of hydrogen-bond acceptors (Lipinski definition) is 2. The van der Waals surface area contributed by atoms with Crippen LogP contribution in [0.3, 0.4) is 0 Å². The van der Waals surface area contributed by atoms with Gasteiger partial charge in [0.25, 0.3) is 0 Å². The summed E-state index contributed by atoms with van der Waals surface area (Å²) in [6.45, 7) is 3.20. The number of carbonyl (C=O) groups is 2. The van der Waals surface area contributed by atoms with Crippen LogP contribution in [-0.4, -0.2) is 29.3 Å². The van der Waals surface area contributed by atoms with Crippen molar-refractivity contribution in [2.75, 3.05) is 6.54 Å². The third kappa shape index (κ3) is 3.00. The maximum Gasteiger partial charge on any atom is 0.225 e. The summed E-state index contributed by atoms with van der Waals surface area (Å²) in [6, 6.07) is 8.55. The van der Waals surface area contributed by atoms with Crippen LogP contribution >= 0.6 is 0 Å². The van der Waals surface area contributed by atoms with Crippen LogP contribution in [0.5, 0.6) is 0 Å². The molecule has 1 saturated heterocycles. The van der Waals surface area contributed by atoms with E-state index in [-0.39, 0.29) is 17.7 Å². The Bertz CT molecular complexity index is 520. The summed E-state index contributed by atoms with van der Waals surface area (Å²) in [5.74, 6) is -0.0395. The minimum Gasteiger partial charge on any atom is -0.353 e. The second kappa shape index (κ2) is 5.27. The first-order valence-corrected chi connectivity index (χ1v) is 7.25. The summed E-state index contributed by atoms with van der Waals surface area (Å²) in [5, 5.41) is 2.99. The Balaban J connectivity index is 1.58. The van der Waals surface area contributed by atoms with Gasteiger partial charge >= 0.3 is 0 Å². The first-order valence-electron chi connectivity index (χ1n) is 7.25. The summed E-state index contributed by atoms with van der Waals surface area (Å²) in [6.07, 6.45) is 2.52. The first-order chi connectivity index (χ1) is 9.61. The maximum absolute atomic E-state index is 12.0. The van der Waals surface area contributed by atoms with Gasteiger partial charge in [0.15, 0.2) is 0 Å². The van der Waals surface area contributed by atoms with Gasteiger partial charge in [0.1, 0.15) is 0 Å². The van der Waals surface area contributed by atoms with E-state index >= 15 is 0 Å². The van der Waals surface area contributed by atoms with E-state index in [9.17, 15) is 9.59 Å². The lowest BCUT2D eigenvalue weighted by molar-refractivity contribution is -0.129. The number of amides is 2. The predicted octanol–water partition coefficient (Wildman–Crippen LogP) is 1.62. The third-order valence-corrected chi connectivity index (χ3v) is 4.00. The Labute approximate surface area is 119 Å². The molecule has 2 aliphatic rings. The van der Waals surface area contributed by atoms with E-state index in [4.69, 9.17) is 0 Å². The zero-order valence-corrected chi connectivity index (χ0v) is 11.8. The van der Waals surface area contributed by atoms with Crippen molar-refractivity contribution in [3.8, 4) is 0 Å². The van der Waals surface area contributed by atoms with Gasteiger partial charge in [-0.3, -0.25) is 9.59 Å². The molecule has 2 amide bonds. The molecule has 1 aliphatic heterocycles. The second-order valence-corrected chi connectivity index (χ2v) is 5.94. The molecule has 1 aromatic carbocycles. The number of carbonyl (C=O) groups excluding carboxylic acids is 2. The molecular formula is C16H20N2O2. The average Bonchev–Trinajstić information content (AvgIpc) is 3.16. The molecule has 1 saturated carbocycles. The van der Waals surface area contributed by atoms with Gasteiger partial charge in [-0.2, -0.15) is 0 Å². The molecule has 3 rings (SSSR count). The predicted molar refractivity (Wildman–Crippen MR) is 75.9 cm³/mol. The van der Waals surface area contributed by atoms with Crippen LogP contribution in [0.25, 0.3) is 0 Å². The van der Waals surface area contributed by atoms with Crippen molar-refractivity contribution < 1.29 is 9.59 Å². The summed E-state index contributed by atoms with van der Waals surface area (Å²) in [4.78, 5) is 25.8. The second-order valence-electron chi connectivity index (χ2n) is 5.94. The molecule has 0 spiro atoms. The molecule has 4 heteroatoms. The highest BCUT2D eigenvalue weighted by molar-refractivity contribution is 5.89. The lowest BCUT2D eigenvalue weighted by Crippen LogP contribution is -2.34. The summed E-state index contributed by atoms with van der Waals surface area (Å²) >= 11 is 0. The number of nitrogens with zero attached hydrogens (tertiary/aromatic N) is 1. The number of aryl methyl sites for hydroxylation is 1. The molecule has 0 radical (unpaired) electrons. The van der Waals surface area contributed by atoms with Crippen molar-refractivity contribution in [1.82, 2.24) is 10.2 Å². The highest BCUT2D eigenvalue weighted by atomic mass is 16.2. The molecule has 0 bridgehead atoms. The normalized spacial score (nSPS) is 22.1. The number of hydrogen-bond donors (Lipinski definition) is 1.